The average molecular weight is 247 g/mol. The summed E-state index contributed by atoms with van der Waals surface area (Å²) in [6.07, 6.45) is 1.71. The molecule has 0 unspecified atom stereocenters. The molecule has 1 rings (SSSR count). The molecule has 0 bridgehead atoms. The number of benzene rings is 1. The number of carbonyl (C=O) groups is 2. The monoisotopic (exact) mass is 247 g/mol. The maximum absolute atomic E-state index is 11.8. The van der Waals surface area contributed by atoms with E-state index in [-0.39, 0.29) is 18.2 Å². The zero-order valence-electron chi connectivity index (χ0n) is 10.1. The van der Waals surface area contributed by atoms with Gasteiger partial charge in [0.25, 0.3) is 5.91 Å². The molecule has 0 atom stereocenters. The summed E-state index contributed by atoms with van der Waals surface area (Å²) in [4.78, 5) is 23.3. The highest BCUT2D eigenvalue weighted by Crippen LogP contribution is 2.15. The molecule has 0 fully saturated rings. The molecule has 0 aliphatic heterocycles. The van der Waals surface area contributed by atoms with Gasteiger partial charge >= 0.3 is 0 Å². The van der Waals surface area contributed by atoms with Gasteiger partial charge in [0, 0.05) is 19.5 Å². The second kappa shape index (κ2) is 7.24. The minimum atomic E-state index is -0.255. The molecule has 18 heavy (non-hydrogen) atoms. The van der Waals surface area contributed by atoms with Gasteiger partial charge in [-0.15, -0.1) is 6.58 Å². The second-order valence-corrected chi connectivity index (χ2v) is 3.63. The van der Waals surface area contributed by atoms with Gasteiger partial charge in [-0.2, -0.15) is 0 Å². The third-order valence-corrected chi connectivity index (χ3v) is 2.21. The van der Waals surface area contributed by atoms with Crippen LogP contribution in [0.3, 0.4) is 0 Å². The van der Waals surface area contributed by atoms with Gasteiger partial charge in [0.05, 0.1) is 11.3 Å². The van der Waals surface area contributed by atoms with Crippen molar-refractivity contribution in [1.82, 2.24) is 5.32 Å². The van der Waals surface area contributed by atoms with Gasteiger partial charge in [-0.05, 0) is 12.1 Å². The van der Waals surface area contributed by atoms with Gasteiger partial charge in [-0.1, -0.05) is 18.2 Å². The lowest BCUT2D eigenvalue weighted by atomic mass is 10.1. The summed E-state index contributed by atoms with van der Waals surface area (Å²) in [5.41, 5.74) is 6.22. The minimum absolute atomic E-state index is 0.205. The molecule has 2 amide bonds. The fraction of sp³-hybridized carbons (Fsp3) is 0.231. The summed E-state index contributed by atoms with van der Waals surface area (Å²) in [6, 6.07) is 6.82. The summed E-state index contributed by atoms with van der Waals surface area (Å²) in [7, 11) is 0. The highest BCUT2D eigenvalue weighted by atomic mass is 16.2. The third-order valence-electron chi connectivity index (χ3n) is 2.21. The van der Waals surface area contributed by atoms with E-state index in [1.54, 1.807) is 24.3 Å². The first-order valence-corrected chi connectivity index (χ1v) is 5.67. The lowest BCUT2D eigenvalue weighted by molar-refractivity contribution is -0.115. The smallest absolute Gasteiger partial charge is 0.253 e. The van der Waals surface area contributed by atoms with E-state index in [4.69, 9.17) is 5.73 Å². The van der Waals surface area contributed by atoms with Crippen LogP contribution in [0.15, 0.2) is 36.9 Å². The van der Waals surface area contributed by atoms with E-state index in [0.717, 1.165) is 0 Å². The Kier molecular flexibility index (Phi) is 5.60. The van der Waals surface area contributed by atoms with Crippen LogP contribution in [0.2, 0.25) is 0 Å². The standard InChI is InChI=1S/C13H17N3O2/c1-2-5-12(17)16-11-7-4-3-6-10(11)13(18)15-9-8-14/h2-4,6-7H,1,5,8-9,14H2,(H,15,18)(H,16,17). The molecule has 0 radical (unpaired) electrons. The van der Waals surface area contributed by atoms with Crippen LogP contribution in [0.5, 0.6) is 0 Å². The Morgan fingerprint density at radius 2 is 2.06 bits per heavy atom. The van der Waals surface area contributed by atoms with Crippen molar-refractivity contribution in [2.45, 2.75) is 6.42 Å². The zero-order valence-corrected chi connectivity index (χ0v) is 10.1. The zero-order chi connectivity index (χ0) is 13.4. The molecule has 0 heterocycles. The summed E-state index contributed by atoms with van der Waals surface area (Å²) in [6.45, 7) is 4.25. The van der Waals surface area contributed by atoms with E-state index in [2.05, 4.69) is 17.2 Å². The Balaban J connectivity index is 2.81. The summed E-state index contributed by atoms with van der Waals surface area (Å²) >= 11 is 0. The molecule has 0 saturated carbocycles. The van der Waals surface area contributed by atoms with Crippen molar-refractivity contribution in [2.24, 2.45) is 5.73 Å². The van der Waals surface area contributed by atoms with Crippen LogP contribution in [0, 0.1) is 0 Å². The molecule has 0 spiro atoms. The number of amides is 2. The molecule has 0 aliphatic carbocycles. The quantitative estimate of drug-likeness (QED) is 0.653. The van der Waals surface area contributed by atoms with Crippen molar-refractivity contribution in [1.29, 1.82) is 0 Å². The van der Waals surface area contributed by atoms with Crippen molar-refractivity contribution in [3.8, 4) is 0 Å². The normalized spacial score (nSPS) is 9.61. The molecular weight excluding hydrogens is 230 g/mol. The number of anilines is 1. The fourth-order valence-corrected chi connectivity index (χ4v) is 1.40. The molecular formula is C13H17N3O2. The Morgan fingerprint density at radius 1 is 1.33 bits per heavy atom. The largest absolute Gasteiger partial charge is 0.351 e. The van der Waals surface area contributed by atoms with Crippen molar-refractivity contribution < 1.29 is 9.59 Å². The maximum Gasteiger partial charge on any atom is 0.253 e. The van der Waals surface area contributed by atoms with Crippen LogP contribution in [-0.2, 0) is 4.79 Å². The van der Waals surface area contributed by atoms with E-state index < -0.39 is 0 Å². The van der Waals surface area contributed by atoms with Crippen LogP contribution in [0.25, 0.3) is 0 Å². The molecule has 1 aromatic rings. The Morgan fingerprint density at radius 3 is 2.72 bits per heavy atom. The molecule has 0 aliphatic rings. The van der Waals surface area contributed by atoms with Gasteiger partial charge in [-0.3, -0.25) is 9.59 Å². The van der Waals surface area contributed by atoms with Gasteiger partial charge in [0.1, 0.15) is 0 Å². The number of carbonyl (C=O) groups excluding carboxylic acids is 2. The topological polar surface area (TPSA) is 84.2 Å². The van der Waals surface area contributed by atoms with Crippen LogP contribution in [0.4, 0.5) is 5.69 Å². The highest BCUT2D eigenvalue weighted by molar-refractivity contribution is 6.03. The molecule has 1 aromatic carbocycles. The summed E-state index contributed by atoms with van der Waals surface area (Å²) in [5, 5.41) is 5.33. The van der Waals surface area contributed by atoms with Crippen LogP contribution >= 0.6 is 0 Å². The van der Waals surface area contributed by atoms with Gasteiger partial charge in [-0.25, -0.2) is 0 Å². The molecule has 4 N–H and O–H groups in total. The maximum atomic E-state index is 11.8. The Hall–Kier alpha value is -2.14. The first-order valence-electron chi connectivity index (χ1n) is 5.67. The van der Waals surface area contributed by atoms with Gasteiger partial charge < -0.3 is 16.4 Å². The molecule has 96 valence electrons. The van der Waals surface area contributed by atoms with Crippen molar-refractivity contribution >= 4 is 17.5 Å². The summed E-state index contributed by atoms with van der Waals surface area (Å²) < 4.78 is 0. The van der Waals surface area contributed by atoms with E-state index in [9.17, 15) is 9.59 Å². The van der Waals surface area contributed by atoms with Crippen molar-refractivity contribution in [3.05, 3.63) is 42.5 Å². The van der Waals surface area contributed by atoms with Crippen LogP contribution in [-0.4, -0.2) is 24.9 Å². The molecule has 0 saturated heterocycles. The Labute approximate surface area is 106 Å². The third kappa shape index (κ3) is 4.03. The lowest BCUT2D eigenvalue weighted by Crippen LogP contribution is -2.29. The first kappa shape index (κ1) is 13.9. The number of para-hydroxylation sites is 1. The highest BCUT2D eigenvalue weighted by Gasteiger charge is 2.11. The number of hydrogen-bond acceptors (Lipinski definition) is 3. The number of rotatable bonds is 6. The van der Waals surface area contributed by atoms with Crippen LogP contribution < -0.4 is 16.4 Å². The van der Waals surface area contributed by atoms with Crippen molar-refractivity contribution in [2.75, 3.05) is 18.4 Å². The van der Waals surface area contributed by atoms with Gasteiger partial charge in [0.15, 0.2) is 0 Å². The Bertz CT molecular complexity index is 444. The predicted octanol–water partition coefficient (Wildman–Crippen LogP) is 0.890. The van der Waals surface area contributed by atoms with Crippen molar-refractivity contribution in [3.63, 3.8) is 0 Å². The predicted molar refractivity (Wildman–Crippen MR) is 71.3 cm³/mol. The second-order valence-electron chi connectivity index (χ2n) is 3.63. The van der Waals surface area contributed by atoms with Crippen LogP contribution in [0.1, 0.15) is 16.8 Å². The van der Waals surface area contributed by atoms with E-state index in [0.29, 0.717) is 24.3 Å². The SMILES string of the molecule is C=CCC(=O)Nc1ccccc1C(=O)NCCN. The lowest BCUT2D eigenvalue weighted by Gasteiger charge is -2.10. The first-order chi connectivity index (χ1) is 8.69. The van der Waals surface area contributed by atoms with E-state index in [1.807, 2.05) is 0 Å². The average Bonchev–Trinajstić information content (AvgIpc) is 2.37. The van der Waals surface area contributed by atoms with Gasteiger partial charge in [0.2, 0.25) is 5.91 Å². The van der Waals surface area contributed by atoms with E-state index >= 15 is 0 Å². The molecule has 0 aromatic heterocycles. The number of nitrogens with two attached hydrogens (primary N) is 1. The summed E-state index contributed by atoms with van der Waals surface area (Å²) in [5.74, 6) is -0.459. The van der Waals surface area contributed by atoms with E-state index in [1.165, 1.54) is 6.08 Å². The molecule has 5 heteroatoms. The number of hydrogen-bond donors (Lipinski definition) is 3. The minimum Gasteiger partial charge on any atom is -0.351 e. The fourth-order valence-electron chi connectivity index (χ4n) is 1.40. The number of nitrogens with one attached hydrogen (secondary N) is 2. The molecule has 5 nitrogen and oxygen atoms in total.